The molecule has 0 fully saturated rings. The molecule has 0 aliphatic heterocycles. The van der Waals surface area contributed by atoms with E-state index in [-0.39, 0.29) is 5.97 Å². The van der Waals surface area contributed by atoms with Crippen molar-refractivity contribution >= 4 is 48.4 Å². The van der Waals surface area contributed by atoms with E-state index in [1.54, 1.807) is 24.3 Å². The van der Waals surface area contributed by atoms with Crippen LogP contribution in [0.3, 0.4) is 0 Å². The summed E-state index contributed by atoms with van der Waals surface area (Å²) >= 11 is 5.01. The molecule has 0 N–H and O–H groups in total. The van der Waals surface area contributed by atoms with Crippen LogP contribution >= 0.6 is 27.3 Å². The third kappa shape index (κ3) is 2.61. The highest BCUT2D eigenvalue weighted by atomic mass is 79.9. The molecule has 2 aromatic heterocycles. The van der Waals surface area contributed by atoms with E-state index in [0.29, 0.717) is 12.2 Å². The predicted molar refractivity (Wildman–Crippen MR) is 99.7 cm³/mol. The number of thiazole rings is 1. The van der Waals surface area contributed by atoms with Gasteiger partial charge in [0.25, 0.3) is 0 Å². The minimum Gasteiger partial charge on any atom is -0.462 e. The normalized spacial score (nSPS) is 11.2. The number of esters is 1. The highest BCUT2D eigenvalue weighted by Crippen LogP contribution is 2.30. The number of fused-ring (bicyclic) bond motifs is 3. The molecule has 0 saturated carbocycles. The van der Waals surface area contributed by atoms with Gasteiger partial charge in [0.2, 0.25) is 0 Å². The van der Waals surface area contributed by atoms with Crippen LogP contribution in [0.25, 0.3) is 26.4 Å². The zero-order chi connectivity index (χ0) is 16.7. The van der Waals surface area contributed by atoms with Crippen molar-refractivity contribution < 1.29 is 9.53 Å². The Labute approximate surface area is 150 Å². The third-order valence-electron chi connectivity index (χ3n) is 3.75. The lowest BCUT2D eigenvalue weighted by Gasteiger charge is -2.01. The zero-order valence-corrected chi connectivity index (χ0v) is 15.2. The maximum Gasteiger partial charge on any atom is 0.338 e. The van der Waals surface area contributed by atoms with Gasteiger partial charge < -0.3 is 4.74 Å². The molecule has 0 bridgehead atoms. The molecule has 0 aliphatic carbocycles. The topological polar surface area (TPSA) is 43.6 Å². The standard InChI is InChI=1S/C18H13BrN2O2S/c1-2-23-17(22)12-5-8-15-16(9-12)24-18-20-14(10-21(15)18)11-3-6-13(19)7-4-11/h3-10H,2H2,1H3. The molecule has 0 atom stereocenters. The summed E-state index contributed by atoms with van der Waals surface area (Å²) in [7, 11) is 0. The molecule has 4 nitrogen and oxygen atoms in total. The fraction of sp³-hybridized carbons (Fsp3) is 0.111. The van der Waals surface area contributed by atoms with E-state index in [2.05, 4.69) is 20.3 Å². The van der Waals surface area contributed by atoms with E-state index < -0.39 is 0 Å². The maximum atomic E-state index is 11.9. The number of carbonyl (C=O) groups is 1. The molecule has 2 aromatic carbocycles. The smallest absolute Gasteiger partial charge is 0.338 e. The van der Waals surface area contributed by atoms with Crippen LogP contribution in [0.2, 0.25) is 0 Å². The number of halogens is 1. The van der Waals surface area contributed by atoms with Gasteiger partial charge in [0, 0.05) is 16.2 Å². The molecule has 0 amide bonds. The monoisotopic (exact) mass is 400 g/mol. The van der Waals surface area contributed by atoms with Crippen LogP contribution in [-0.4, -0.2) is 22.0 Å². The molecule has 120 valence electrons. The first kappa shape index (κ1) is 15.4. The van der Waals surface area contributed by atoms with E-state index in [1.807, 2.05) is 42.6 Å². The molecule has 4 aromatic rings. The summed E-state index contributed by atoms with van der Waals surface area (Å²) in [4.78, 5) is 17.5. The van der Waals surface area contributed by atoms with E-state index in [4.69, 9.17) is 9.72 Å². The minimum atomic E-state index is -0.291. The summed E-state index contributed by atoms with van der Waals surface area (Å²) in [6.45, 7) is 2.18. The number of carbonyl (C=O) groups excluding carboxylic acids is 1. The summed E-state index contributed by atoms with van der Waals surface area (Å²) in [6.07, 6.45) is 2.03. The van der Waals surface area contributed by atoms with Crippen LogP contribution in [-0.2, 0) is 4.74 Å². The molecule has 0 aliphatic rings. The average molecular weight is 401 g/mol. The van der Waals surface area contributed by atoms with E-state index in [1.165, 1.54) is 0 Å². The van der Waals surface area contributed by atoms with Crippen LogP contribution in [0.5, 0.6) is 0 Å². The summed E-state index contributed by atoms with van der Waals surface area (Å²) in [6, 6.07) is 13.7. The largest absolute Gasteiger partial charge is 0.462 e. The molecule has 2 heterocycles. The van der Waals surface area contributed by atoms with Gasteiger partial charge in [-0.15, -0.1) is 0 Å². The van der Waals surface area contributed by atoms with Crippen LogP contribution in [0.4, 0.5) is 0 Å². The number of aromatic nitrogens is 2. The number of imidazole rings is 1. The third-order valence-corrected chi connectivity index (χ3v) is 5.29. The van der Waals surface area contributed by atoms with Gasteiger partial charge in [-0.25, -0.2) is 9.78 Å². The summed E-state index contributed by atoms with van der Waals surface area (Å²) in [5.41, 5.74) is 3.62. The Morgan fingerprint density at radius 2 is 2.04 bits per heavy atom. The van der Waals surface area contributed by atoms with Gasteiger partial charge in [0.05, 0.1) is 28.1 Å². The fourth-order valence-electron chi connectivity index (χ4n) is 2.60. The molecular weight excluding hydrogens is 388 g/mol. The first-order chi connectivity index (χ1) is 11.7. The van der Waals surface area contributed by atoms with Crippen LogP contribution < -0.4 is 0 Å². The zero-order valence-electron chi connectivity index (χ0n) is 12.8. The highest BCUT2D eigenvalue weighted by Gasteiger charge is 2.13. The average Bonchev–Trinajstić information content (AvgIpc) is 3.12. The van der Waals surface area contributed by atoms with E-state index >= 15 is 0 Å². The van der Waals surface area contributed by atoms with Crippen LogP contribution in [0.15, 0.2) is 53.1 Å². The first-order valence-electron chi connectivity index (χ1n) is 7.50. The van der Waals surface area contributed by atoms with Gasteiger partial charge >= 0.3 is 5.97 Å². The lowest BCUT2D eigenvalue weighted by Crippen LogP contribution is -2.03. The maximum absolute atomic E-state index is 11.9. The quantitative estimate of drug-likeness (QED) is 0.446. The Bertz CT molecular complexity index is 1050. The second kappa shape index (κ2) is 6.03. The second-order valence-corrected chi connectivity index (χ2v) is 7.22. The number of rotatable bonds is 3. The SMILES string of the molecule is CCOC(=O)c1ccc2c(c1)sc1nc(-c3ccc(Br)cc3)cn12. The Kier molecular flexibility index (Phi) is 3.86. The van der Waals surface area contributed by atoms with Gasteiger partial charge in [0.15, 0.2) is 4.96 Å². The van der Waals surface area contributed by atoms with Crippen LogP contribution in [0, 0.1) is 0 Å². The molecule has 0 saturated heterocycles. The Morgan fingerprint density at radius 1 is 1.25 bits per heavy atom. The highest BCUT2D eigenvalue weighted by molar-refractivity contribution is 9.10. The molecule has 24 heavy (non-hydrogen) atoms. The summed E-state index contributed by atoms with van der Waals surface area (Å²) < 4.78 is 9.18. The van der Waals surface area contributed by atoms with Crippen molar-refractivity contribution in [3.05, 3.63) is 58.7 Å². The first-order valence-corrected chi connectivity index (χ1v) is 9.11. The molecule has 0 radical (unpaired) electrons. The Hall–Kier alpha value is -2.18. The van der Waals surface area contributed by atoms with Gasteiger partial charge in [-0.05, 0) is 37.3 Å². The second-order valence-electron chi connectivity index (χ2n) is 5.29. The Balaban J connectivity index is 1.78. The molecular formula is C18H13BrN2O2S. The van der Waals surface area contributed by atoms with Crippen molar-refractivity contribution in [2.45, 2.75) is 6.92 Å². The van der Waals surface area contributed by atoms with Gasteiger partial charge in [-0.3, -0.25) is 4.40 Å². The van der Waals surface area contributed by atoms with Crippen molar-refractivity contribution in [3.63, 3.8) is 0 Å². The molecule has 0 spiro atoms. The number of benzene rings is 2. The van der Waals surface area contributed by atoms with Crippen molar-refractivity contribution in [3.8, 4) is 11.3 Å². The van der Waals surface area contributed by atoms with Gasteiger partial charge in [0.1, 0.15) is 0 Å². The van der Waals surface area contributed by atoms with E-state index in [9.17, 15) is 4.79 Å². The van der Waals surface area contributed by atoms with Crippen molar-refractivity contribution in [1.29, 1.82) is 0 Å². The summed E-state index contributed by atoms with van der Waals surface area (Å²) in [5, 5.41) is 0. The lowest BCUT2D eigenvalue weighted by molar-refractivity contribution is 0.0526. The lowest BCUT2D eigenvalue weighted by atomic mass is 10.2. The van der Waals surface area contributed by atoms with Gasteiger partial charge in [-0.2, -0.15) is 0 Å². The predicted octanol–water partition coefficient (Wildman–Crippen LogP) is 5.16. The summed E-state index contributed by atoms with van der Waals surface area (Å²) in [5.74, 6) is -0.291. The molecule has 0 unspecified atom stereocenters. The number of hydrogen-bond donors (Lipinski definition) is 0. The van der Waals surface area contributed by atoms with Crippen LogP contribution in [0.1, 0.15) is 17.3 Å². The fourth-order valence-corrected chi connectivity index (χ4v) is 3.91. The number of hydrogen-bond acceptors (Lipinski definition) is 4. The van der Waals surface area contributed by atoms with Crippen molar-refractivity contribution in [2.75, 3.05) is 6.61 Å². The van der Waals surface area contributed by atoms with Crippen molar-refractivity contribution in [1.82, 2.24) is 9.38 Å². The van der Waals surface area contributed by atoms with E-state index in [0.717, 1.165) is 30.9 Å². The van der Waals surface area contributed by atoms with Gasteiger partial charge in [-0.1, -0.05) is 39.4 Å². The minimum absolute atomic E-state index is 0.291. The number of ether oxygens (including phenoxy) is 1. The Morgan fingerprint density at radius 3 is 2.79 bits per heavy atom. The molecule has 6 heteroatoms. The number of nitrogens with zero attached hydrogens (tertiary/aromatic N) is 2. The molecule has 4 rings (SSSR count). The van der Waals surface area contributed by atoms with Crippen molar-refractivity contribution in [2.24, 2.45) is 0 Å².